The molecule has 0 radical (unpaired) electrons. The normalized spacial score (nSPS) is 21.8. The summed E-state index contributed by atoms with van der Waals surface area (Å²) in [4.78, 5) is 46.1. The molecule has 9 heteroatoms. The number of unbranched alkanes of at least 4 members (excludes halogenated alkanes) is 1. The van der Waals surface area contributed by atoms with Crippen LogP contribution in [-0.2, 0) is 33.4 Å². The Hall–Kier alpha value is -3.62. The van der Waals surface area contributed by atoms with Crippen LogP contribution in [0.25, 0.3) is 0 Å². The van der Waals surface area contributed by atoms with Crippen molar-refractivity contribution >= 4 is 23.9 Å². The number of benzene rings is 1. The van der Waals surface area contributed by atoms with Crippen molar-refractivity contribution in [2.45, 2.75) is 77.6 Å². The Morgan fingerprint density at radius 1 is 0.974 bits per heavy atom. The number of hydrogen-bond donors (Lipinski definition) is 1. The fourth-order valence-electron chi connectivity index (χ4n) is 4.56. The zero-order valence-corrected chi connectivity index (χ0v) is 22.2. The van der Waals surface area contributed by atoms with E-state index in [0.717, 1.165) is 0 Å². The maximum absolute atomic E-state index is 11.8. The van der Waals surface area contributed by atoms with Crippen molar-refractivity contribution in [2.24, 2.45) is 11.8 Å². The molecule has 0 spiro atoms. The summed E-state index contributed by atoms with van der Waals surface area (Å²) in [6, 6.07) is 9.31. The van der Waals surface area contributed by atoms with Crippen LogP contribution in [0.15, 0.2) is 54.6 Å². The van der Waals surface area contributed by atoms with E-state index in [9.17, 15) is 19.2 Å². The number of ether oxygens (including phenoxy) is 4. The third-order valence-corrected chi connectivity index (χ3v) is 6.12. The summed E-state index contributed by atoms with van der Waals surface area (Å²) in [6.45, 7) is 4.33. The van der Waals surface area contributed by atoms with Crippen LogP contribution < -0.4 is 4.74 Å². The topological polar surface area (TPSA) is 125 Å². The van der Waals surface area contributed by atoms with Crippen LogP contribution in [0.3, 0.4) is 0 Å². The monoisotopic (exact) mass is 530 g/mol. The SMILES string of the molecule is CC(=O)OC(C=CC1C(OC(C)=O)CC(OC(C)=O)C1CC=CCCCC(=O)O)CCOc1ccccc1. The molecule has 0 heterocycles. The molecule has 1 aromatic rings. The van der Waals surface area contributed by atoms with Crippen LogP contribution >= 0.6 is 0 Å². The highest BCUT2D eigenvalue weighted by molar-refractivity contribution is 5.67. The van der Waals surface area contributed by atoms with Gasteiger partial charge in [-0.15, -0.1) is 0 Å². The highest BCUT2D eigenvalue weighted by atomic mass is 16.6. The summed E-state index contributed by atoms with van der Waals surface area (Å²) in [5, 5.41) is 8.81. The van der Waals surface area contributed by atoms with E-state index in [1.807, 2.05) is 48.6 Å². The molecular formula is C29H38O9. The molecule has 0 bridgehead atoms. The minimum atomic E-state index is -0.838. The van der Waals surface area contributed by atoms with E-state index < -0.39 is 42.2 Å². The summed E-state index contributed by atoms with van der Waals surface area (Å²) >= 11 is 0. The fourth-order valence-corrected chi connectivity index (χ4v) is 4.56. The lowest BCUT2D eigenvalue weighted by Gasteiger charge is -2.23. The summed E-state index contributed by atoms with van der Waals surface area (Å²) in [5.41, 5.74) is 0. The quantitative estimate of drug-likeness (QED) is 0.149. The van der Waals surface area contributed by atoms with Crippen LogP contribution in [0.2, 0.25) is 0 Å². The second-order valence-corrected chi connectivity index (χ2v) is 9.25. The first-order chi connectivity index (χ1) is 18.2. The second-order valence-electron chi connectivity index (χ2n) is 9.25. The molecule has 0 aliphatic heterocycles. The number of hydrogen-bond acceptors (Lipinski definition) is 8. The van der Waals surface area contributed by atoms with Gasteiger partial charge in [0.2, 0.25) is 0 Å². The molecule has 1 aromatic carbocycles. The van der Waals surface area contributed by atoms with Crippen molar-refractivity contribution in [3.63, 3.8) is 0 Å². The van der Waals surface area contributed by atoms with Gasteiger partial charge in [-0.1, -0.05) is 36.4 Å². The first-order valence-corrected chi connectivity index (χ1v) is 12.9. The molecule has 0 saturated heterocycles. The number of aliphatic carboxylic acids is 1. The molecular weight excluding hydrogens is 492 g/mol. The van der Waals surface area contributed by atoms with Crippen LogP contribution in [0.1, 0.15) is 59.3 Å². The molecule has 2 rings (SSSR count). The molecule has 1 fully saturated rings. The van der Waals surface area contributed by atoms with Crippen molar-refractivity contribution in [1.82, 2.24) is 0 Å². The van der Waals surface area contributed by atoms with E-state index in [0.29, 0.717) is 44.5 Å². The van der Waals surface area contributed by atoms with E-state index >= 15 is 0 Å². The molecule has 0 amide bonds. The Morgan fingerprint density at radius 2 is 1.66 bits per heavy atom. The largest absolute Gasteiger partial charge is 0.493 e. The lowest BCUT2D eigenvalue weighted by molar-refractivity contribution is -0.149. The Morgan fingerprint density at radius 3 is 2.29 bits per heavy atom. The molecule has 5 unspecified atom stereocenters. The molecule has 1 N–H and O–H groups in total. The highest BCUT2D eigenvalue weighted by Crippen LogP contribution is 2.40. The maximum atomic E-state index is 11.8. The number of allylic oxidation sites excluding steroid dienone is 2. The van der Waals surface area contributed by atoms with Crippen LogP contribution in [0.4, 0.5) is 0 Å². The average molecular weight is 531 g/mol. The van der Waals surface area contributed by atoms with E-state index in [1.54, 1.807) is 6.08 Å². The van der Waals surface area contributed by atoms with Crippen molar-refractivity contribution in [1.29, 1.82) is 0 Å². The Labute approximate surface area is 223 Å². The number of carboxylic acid groups (broad SMARTS) is 1. The molecule has 38 heavy (non-hydrogen) atoms. The minimum absolute atomic E-state index is 0.0925. The van der Waals surface area contributed by atoms with Gasteiger partial charge < -0.3 is 24.1 Å². The molecule has 0 aromatic heterocycles. The Bertz CT molecular complexity index is 970. The highest BCUT2D eigenvalue weighted by Gasteiger charge is 2.45. The Kier molecular flexibility index (Phi) is 13.1. The molecule has 1 aliphatic carbocycles. The van der Waals surface area contributed by atoms with E-state index in [2.05, 4.69) is 0 Å². The smallest absolute Gasteiger partial charge is 0.303 e. The zero-order chi connectivity index (χ0) is 27.9. The fraction of sp³-hybridized carbons (Fsp3) is 0.517. The summed E-state index contributed by atoms with van der Waals surface area (Å²) in [7, 11) is 0. The van der Waals surface area contributed by atoms with Crippen LogP contribution in [-0.4, -0.2) is 53.9 Å². The van der Waals surface area contributed by atoms with Crippen molar-refractivity contribution in [3.05, 3.63) is 54.6 Å². The van der Waals surface area contributed by atoms with E-state index in [4.69, 9.17) is 24.1 Å². The van der Waals surface area contributed by atoms with Crippen molar-refractivity contribution < 1.29 is 43.2 Å². The number of para-hydroxylation sites is 1. The molecule has 208 valence electrons. The van der Waals surface area contributed by atoms with E-state index in [1.165, 1.54) is 20.8 Å². The summed E-state index contributed by atoms with van der Waals surface area (Å²) < 4.78 is 22.4. The predicted molar refractivity (Wildman–Crippen MR) is 139 cm³/mol. The minimum Gasteiger partial charge on any atom is -0.493 e. The van der Waals surface area contributed by atoms with Gasteiger partial charge in [0.25, 0.3) is 0 Å². The number of carbonyl (C=O) groups is 4. The third kappa shape index (κ3) is 11.6. The lowest BCUT2D eigenvalue weighted by atomic mass is 9.89. The van der Waals surface area contributed by atoms with E-state index in [-0.39, 0.29) is 18.3 Å². The van der Waals surface area contributed by atoms with Gasteiger partial charge in [-0.05, 0) is 37.5 Å². The number of carboxylic acids is 1. The standard InChI is InChI=1S/C29H38O9/c1-20(30)36-24(17-18-35-23-11-7-6-8-12-23)15-16-26-25(13-9-4-5-10-14-29(33)34)27(37-21(2)31)19-28(26)38-22(3)32/h4,6-9,11-12,15-16,24-28H,5,10,13-14,17-19H2,1-3H3,(H,33,34). The first-order valence-electron chi connectivity index (χ1n) is 12.9. The van der Waals surface area contributed by atoms with Gasteiger partial charge >= 0.3 is 23.9 Å². The lowest BCUT2D eigenvalue weighted by Crippen LogP contribution is -2.25. The maximum Gasteiger partial charge on any atom is 0.303 e. The summed E-state index contributed by atoms with van der Waals surface area (Å²) in [6.07, 6.45) is 8.48. The van der Waals surface area contributed by atoms with Gasteiger partial charge in [0, 0.05) is 51.9 Å². The Balaban J connectivity index is 2.17. The molecule has 9 nitrogen and oxygen atoms in total. The van der Waals surface area contributed by atoms with Crippen molar-refractivity contribution in [3.8, 4) is 5.75 Å². The van der Waals surface area contributed by atoms with Crippen LogP contribution in [0.5, 0.6) is 5.75 Å². The van der Waals surface area contributed by atoms with Gasteiger partial charge in [-0.25, -0.2) is 0 Å². The third-order valence-electron chi connectivity index (χ3n) is 6.12. The summed E-state index contributed by atoms with van der Waals surface area (Å²) in [5.74, 6) is -1.90. The van der Waals surface area contributed by atoms with Crippen molar-refractivity contribution in [2.75, 3.05) is 6.61 Å². The van der Waals surface area contributed by atoms with Gasteiger partial charge in [0.05, 0.1) is 6.61 Å². The van der Waals surface area contributed by atoms with Gasteiger partial charge in [-0.3, -0.25) is 19.2 Å². The first kappa shape index (κ1) is 30.6. The van der Waals surface area contributed by atoms with Crippen LogP contribution in [0, 0.1) is 11.8 Å². The van der Waals surface area contributed by atoms with Gasteiger partial charge in [0.1, 0.15) is 24.1 Å². The number of carbonyl (C=O) groups excluding carboxylic acids is 3. The zero-order valence-electron chi connectivity index (χ0n) is 22.2. The molecule has 5 atom stereocenters. The second kappa shape index (κ2) is 16.3. The number of esters is 3. The van der Waals surface area contributed by atoms with Gasteiger partial charge in [-0.2, -0.15) is 0 Å². The van der Waals surface area contributed by atoms with Gasteiger partial charge in [0.15, 0.2) is 0 Å². The number of rotatable bonds is 15. The molecule has 1 saturated carbocycles. The average Bonchev–Trinajstić information content (AvgIpc) is 3.13. The molecule has 1 aliphatic rings. The predicted octanol–water partition coefficient (Wildman–Crippen LogP) is 4.64.